The van der Waals surface area contributed by atoms with E-state index in [1.807, 2.05) is 0 Å². The minimum Gasteiger partial charge on any atom is -0.497 e. The minimum absolute atomic E-state index is 0.0168. The first-order chi connectivity index (χ1) is 10.8. The molecule has 1 aromatic rings. The molecule has 0 fully saturated rings. The van der Waals surface area contributed by atoms with Crippen LogP contribution in [0.2, 0.25) is 0 Å². The first kappa shape index (κ1) is 19.4. The summed E-state index contributed by atoms with van der Waals surface area (Å²) < 4.78 is 31.7. The molecule has 0 aliphatic heterocycles. The number of benzene rings is 1. The van der Waals surface area contributed by atoms with Gasteiger partial charge < -0.3 is 10.5 Å². The minimum atomic E-state index is -3.96. The fraction of sp³-hybridized carbons (Fsp3) is 0.500. The average Bonchev–Trinajstić information content (AvgIpc) is 2.53. The zero-order valence-corrected chi connectivity index (χ0v) is 14.2. The van der Waals surface area contributed by atoms with Crippen molar-refractivity contribution >= 4 is 15.9 Å². The summed E-state index contributed by atoms with van der Waals surface area (Å²) in [5.41, 5.74) is 7.03. The van der Waals surface area contributed by atoms with E-state index in [4.69, 9.17) is 15.7 Å². The van der Waals surface area contributed by atoms with Gasteiger partial charge in [-0.05, 0) is 30.2 Å². The lowest BCUT2D eigenvalue weighted by Crippen LogP contribution is -2.53. The van der Waals surface area contributed by atoms with Crippen LogP contribution in [0, 0.1) is 5.92 Å². The van der Waals surface area contributed by atoms with E-state index in [0.29, 0.717) is 5.75 Å². The molecule has 0 saturated carbocycles. The van der Waals surface area contributed by atoms with Crippen molar-refractivity contribution in [2.24, 2.45) is 11.7 Å². The van der Waals surface area contributed by atoms with Crippen LogP contribution in [0.3, 0.4) is 0 Å². The first-order valence-electron chi connectivity index (χ1n) is 7.09. The lowest BCUT2D eigenvalue weighted by Gasteiger charge is -2.31. The number of sulfonamides is 1. The second kappa shape index (κ2) is 8.25. The summed E-state index contributed by atoms with van der Waals surface area (Å²) in [5.74, 6) is -0.643. The van der Waals surface area contributed by atoms with E-state index < -0.39 is 22.0 Å². The van der Waals surface area contributed by atoms with Crippen LogP contribution < -0.4 is 16.0 Å². The number of nitrogens with two attached hydrogens (primary N) is 1. The van der Waals surface area contributed by atoms with E-state index in [9.17, 15) is 13.2 Å². The van der Waals surface area contributed by atoms with Gasteiger partial charge in [-0.25, -0.2) is 13.9 Å². The van der Waals surface area contributed by atoms with Crippen LogP contribution in [0.1, 0.15) is 13.8 Å². The molecule has 23 heavy (non-hydrogen) atoms. The Hall–Kier alpha value is -1.68. The van der Waals surface area contributed by atoms with Gasteiger partial charge in [0.05, 0.1) is 12.0 Å². The van der Waals surface area contributed by atoms with Crippen LogP contribution in [-0.4, -0.2) is 50.1 Å². The van der Waals surface area contributed by atoms with Crippen molar-refractivity contribution in [3.8, 4) is 5.75 Å². The maximum Gasteiger partial charge on any atom is 0.262 e. The number of ether oxygens (including phenoxy) is 1. The number of hydroxylamine groups is 1. The second-order valence-electron chi connectivity index (χ2n) is 5.24. The van der Waals surface area contributed by atoms with Crippen molar-refractivity contribution in [3.63, 3.8) is 0 Å². The van der Waals surface area contributed by atoms with Gasteiger partial charge in [0, 0.05) is 13.1 Å². The Labute approximate surface area is 136 Å². The van der Waals surface area contributed by atoms with Gasteiger partial charge in [0.25, 0.3) is 5.91 Å². The number of hydrogen-bond donors (Lipinski definition) is 3. The predicted molar refractivity (Wildman–Crippen MR) is 84.5 cm³/mol. The summed E-state index contributed by atoms with van der Waals surface area (Å²) in [5, 5.41) is 8.91. The van der Waals surface area contributed by atoms with Crippen LogP contribution >= 0.6 is 0 Å². The molecular weight excluding hydrogens is 322 g/mol. The lowest BCUT2D eigenvalue weighted by molar-refractivity contribution is -0.134. The third kappa shape index (κ3) is 4.41. The summed E-state index contributed by atoms with van der Waals surface area (Å²) in [4.78, 5) is 11.9. The van der Waals surface area contributed by atoms with Crippen molar-refractivity contribution in [2.75, 3.05) is 20.2 Å². The number of rotatable bonds is 8. The molecule has 0 aliphatic rings. The third-order valence-electron chi connectivity index (χ3n) is 3.34. The number of carbonyl (C=O) groups is 1. The fourth-order valence-electron chi connectivity index (χ4n) is 2.25. The smallest absolute Gasteiger partial charge is 0.262 e. The highest BCUT2D eigenvalue weighted by molar-refractivity contribution is 7.89. The molecular formula is C14H23N3O5S. The lowest BCUT2D eigenvalue weighted by atomic mass is 10.0. The zero-order valence-electron chi connectivity index (χ0n) is 13.4. The van der Waals surface area contributed by atoms with Crippen LogP contribution in [0.15, 0.2) is 29.2 Å². The van der Waals surface area contributed by atoms with Crippen molar-refractivity contribution < 1.29 is 23.2 Å². The SMILES string of the molecule is COc1ccc(S(=O)(=O)N(CCN)[C@@H](C(=O)NO)C(C)C)cc1. The summed E-state index contributed by atoms with van der Waals surface area (Å²) in [6.45, 7) is 3.36. The largest absolute Gasteiger partial charge is 0.497 e. The molecule has 130 valence electrons. The van der Waals surface area contributed by atoms with Crippen LogP contribution in [0.5, 0.6) is 5.75 Å². The Morgan fingerprint density at radius 3 is 2.30 bits per heavy atom. The van der Waals surface area contributed by atoms with Crippen molar-refractivity contribution in [2.45, 2.75) is 24.8 Å². The molecule has 0 aromatic heterocycles. The second-order valence-corrected chi connectivity index (χ2v) is 7.14. The molecule has 0 spiro atoms. The normalized spacial score (nSPS) is 13.2. The summed E-state index contributed by atoms with van der Waals surface area (Å²) in [7, 11) is -2.48. The van der Waals surface area contributed by atoms with E-state index in [2.05, 4.69) is 0 Å². The van der Waals surface area contributed by atoms with E-state index in [-0.39, 0.29) is 23.9 Å². The molecule has 4 N–H and O–H groups in total. The van der Waals surface area contributed by atoms with E-state index >= 15 is 0 Å². The zero-order chi connectivity index (χ0) is 17.6. The number of carbonyl (C=O) groups excluding carboxylic acids is 1. The van der Waals surface area contributed by atoms with Gasteiger partial charge in [0.2, 0.25) is 10.0 Å². The average molecular weight is 345 g/mol. The topological polar surface area (TPSA) is 122 Å². The molecule has 0 saturated heterocycles. The molecule has 0 heterocycles. The number of nitrogens with zero attached hydrogens (tertiary/aromatic N) is 1. The van der Waals surface area contributed by atoms with Crippen molar-refractivity contribution in [1.82, 2.24) is 9.79 Å². The van der Waals surface area contributed by atoms with Gasteiger partial charge >= 0.3 is 0 Å². The Balaban J connectivity index is 3.31. The van der Waals surface area contributed by atoms with Crippen molar-refractivity contribution in [1.29, 1.82) is 0 Å². The number of nitrogens with one attached hydrogen (secondary N) is 1. The molecule has 1 aromatic carbocycles. The number of methoxy groups -OCH3 is 1. The predicted octanol–water partition coefficient (Wildman–Crippen LogP) is 0.175. The molecule has 1 rings (SSSR count). The van der Waals surface area contributed by atoms with E-state index in [0.717, 1.165) is 4.31 Å². The molecule has 1 amide bonds. The van der Waals surface area contributed by atoms with Gasteiger partial charge in [-0.3, -0.25) is 10.0 Å². The van der Waals surface area contributed by atoms with Crippen LogP contribution in [-0.2, 0) is 14.8 Å². The standard InChI is InChI=1S/C14H23N3O5S/c1-10(2)13(14(18)16-19)17(9-8-15)23(20,21)12-6-4-11(22-3)5-7-12/h4-7,10,13,19H,8-9,15H2,1-3H3,(H,16,18)/t13-/m1/s1. The highest BCUT2D eigenvalue weighted by atomic mass is 32.2. The Morgan fingerprint density at radius 2 is 1.91 bits per heavy atom. The number of amides is 1. The van der Waals surface area contributed by atoms with Crippen molar-refractivity contribution in [3.05, 3.63) is 24.3 Å². The van der Waals surface area contributed by atoms with Gasteiger partial charge in [-0.1, -0.05) is 13.8 Å². The van der Waals surface area contributed by atoms with Crippen LogP contribution in [0.4, 0.5) is 0 Å². The van der Waals surface area contributed by atoms with Gasteiger partial charge in [-0.2, -0.15) is 4.31 Å². The molecule has 0 unspecified atom stereocenters. The molecule has 0 bridgehead atoms. The molecule has 0 radical (unpaired) electrons. The molecule has 1 atom stereocenters. The molecule has 9 heteroatoms. The summed E-state index contributed by atoms with van der Waals surface area (Å²) in [6, 6.07) is 4.75. The number of hydrogen-bond acceptors (Lipinski definition) is 6. The fourth-order valence-corrected chi connectivity index (χ4v) is 3.99. The Bertz CT molecular complexity index is 616. The Kier molecular flexibility index (Phi) is 6.95. The Morgan fingerprint density at radius 1 is 1.35 bits per heavy atom. The maximum absolute atomic E-state index is 12.9. The maximum atomic E-state index is 12.9. The highest BCUT2D eigenvalue weighted by Crippen LogP contribution is 2.23. The quantitative estimate of drug-likeness (QED) is 0.456. The van der Waals surface area contributed by atoms with Crippen LogP contribution in [0.25, 0.3) is 0 Å². The molecule has 8 nitrogen and oxygen atoms in total. The molecule has 0 aliphatic carbocycles. The van der Waals surface area contributed by atoms with Gasteiger partial charge in [0.1, 0.15) is 11.8 Å². The highest BCUT2D eigenvalue weighted by Gasteiger charge is 2.37. The van der Waals surface area contributed by atoms with Gasteiger partial charge in [-0.15, -0.1) is 0 Å². The summed E-state index contributed by atoms with van der Waals surface area (Å²) in [6.07, 6.45) is 0. The first-order valence-corrected chi connectivity index (χ1v) is 8.53. The van der Waals surface area contributed by atoms with Gasteiger partial charge in [0.15, 0.2) is 0 Å². The summed E-state index contributed by atoms with van der Waals surface area (Å²) >= 11 is 0. The third-order valence-corrected chi connectivity index (χ3v) is 5.23. The monoisotopic (exact) mass is 345 g/mol. The van der Waals surface area contributed by atoms with E-state index in [1.54, 1.807) is 13.8 Å². The van der Waals surface area contributed by atoms with E-state index in [1.165, 1.54) is 36.9 Å².